The summed E-state index contributed by atoms with van der Waals surface area (Å²) in [7, 11) is 1.38. The third-order valence-corrected chi connectivity index (χ3v) is 6.80. The second kappa shape index (κ2) is 10.8. The van der Waals surface area contributed by atoms with Gasteiger partial charge in [0.2, 0.25) is 5.91 Å². The predicted octanol–water partition coefficient (Wildman–Crippen LogP) is 4.43. The molecule has 0 aromatic heterocycles. The van der Waals surface area contributed by atoms with Gasteiger partial charge >= 0.3 is 6.61 Å². The Kier molecular flexibility index (Phi) is 7.65. The molecule has 1 aliphatic heterocycles. The van der Waals surface area contributed by atoms with E-state index in [4.69, 9.17) is 4.74 Å². The number of ether oxygens (including phenoxy) is 2. The number of nitrogens with one attached hydrogen (secondary N) is 1. The Morgan fingerprint density at radius 3 is 2.59 bits per heavy atom. The molecular weight excluding hydrogens is 442 g/mol. The number of amides is 2. The summed E-state index contributed by atoms with van der Waals surface area (Å²) in [5.41, 5.74) is 1.32. The molecule has 4 rings (SSSR count). The van der Waals surface area contributed by atoms with E-state index in [0.29, 0.717) is 30.9 Å². The Morgan fingerprint density at radius 1 is 1.09 bits per heavy atom. The van der Waals surface area contributed by atoms with Crippen molar-refractivity contribution in [2.75, 3.05) is 13.7 Å². The summed E-state index contributed by atoms with van der Waals surface area (Å²) in [4.78, 5) is 28.3. The lowest BCUT2D eigenvalue weighted by molar-refractivity contribution is -0.125. The van der Waals surface area contributed by atoms with Gasteiger partial charge in [-0.05, 0) is 61.4 Å². The van der Waals surface area contributed by atoms with Gasteiger partial charge in [-0.15, -0.1) is 0 Å². The van der Waals surface area contributed by atoms with Crippen molar-refractivity contribution in [2.24, 2.45) is 5.92 Å². The lowest BCUT2D eigenvalue weighted by Gasteiger charge is -2.33. The highest BCUT2D eigenvalue weighted by molar-refractivity contribution is 5.98. The molecule has 1 aliphatic carbocycles. The highest BCUT2D eigenvalue weighted by Crippen LogP contribution is 2.40. The van der Waals surface area contributed by atoms with Gasteiger partial charge in [-0.1, -0.05) is 37.1 Å². The number of methoxy groups -OCH3 is 1. The second-order valence-electron chi connectivity index (χ2n) is 8.85. The first kappa shape index (κ1) is 24.0. The minimum atomic E-state index is -2.96. The van der Waals surface area contributed by atoms with Crippen LogP contribution in [-0.2, 0) is 11.2 Å². The van der Waals surface area contributed by atoms with Gasteiger partial charge < -0.3 is 19.7 Å². The molecule has 0 bridgehead atoms. The van der Waals surface area contributed by atoms with E-state index in [1.165, 1.54) is 13.2 Å². The minimum absolute atomic E-state index is 0.0409. The zero-order valence-corrected chi connectivity index (χ0v) is 19.2. The number of hydrogen-bond acceptors (Lipinski definition) is 4. The van der Waals surface area contributed by atoms with Crippen molar-refractivity contribution in [1.82, 2.24) is 10.2 Å². The van der Waals surface area contributed by atoms with Gasteiger partial charge in [0.25, 0.3) is 5.91 Å². The van der Waals surface area contributed by atoms with Gasteiger partial charge in [0.1, 0.15) is 6.04 Å². The highest BCUT2D eigenvalue weighted by atomic mass is 19.3. The fraction of sp³-hybridized carbons (Fsp3) is 0.462. The first-order valence-corrected chi connectivity index (χ1v) is 11.7. The molecule has 0 spiro atoms. The van der Waals surface area contributed by atoms with Crippen LogP contribution < -0.4 is 14.8 Å². The topological polar surface area (TPSA) is 67.9 Å². The molecule has 182 valence electrons. The van der Waals surface area contributed by atoms with E-state index in [0.717, 1.165) is 31.2 Å². The number of likely N-dealkylation sites (tertiary alicyclic amines) is 1. The van der Waals surface area contributed by atoms with E-state index in [1.807, 2.05) is 18.2 Å². The van der Waals surface area contributed by atoms with E-state index in [2.05, 4.69) is 10.1 Å². The van der Waals surface area contributed by atoms with Crippen molar-refractivity contribution in [3.8, 4) is 11.5 Å². The van der Waals surface area contributed by atoms with Crippen molar-refractivity contribution in [1.29, 1.82) is 0 Å². The molecule has 2 aromatic carbocycles. The summed E-state index contributed by atoms with van der Waals surface area (Å²) >= 11 is 0. The summed E-state index contributed by atoms with van der Waals surface area (Å²) in [6.45, 7) is -2.64. The van der Waals surface area contributed by atoms with Gasteiger partial charge in [0.05, 0.1) is 7.11 Å². The third-order valence-electron chi connectivity index (χ3n) is 6.80. The maximum atomic E-state index is 13.4. The lowest BCUT2D eigenvalue weighted by Crippen LogP contribution is -2.49. The summed E-state index contributed by atoms with van der Waals surface area (Å²) in [6, 6.07) is 13.5. The van der Waals surface area contributed by atoms with E-state index in [-0.39, 0.29) is 29.4 Å². The maximum absolute atomic E-state index is 13.4. The molecule has 2 aromatic rings. The van der Waals surface area contributed by atoms with Crippen LogP contribution in [-0.4, -0.2) is 49.1 Å². The number of rotatable bonds is 8. The summed E-state index contributed by atoms with van der Waals surface area (Å²) < 4.78 is 35.0. The van der Waals surface area contributed by atoms with Crippen molar-refractivity contribution >= 4 is 11.8 Å². The molecule has 8 heteroatoms. The number of nitrogens with zero attached hydrogens (tertiary/aromatic N) is 1. The number of benzene rings is 2. The molecule has 3 unspecified atom stereocenters. The molecule has 2 amide bonds. The molecule has 3 atom stereocenters. The molecular formula is C26H30F2N2O4. The van der Waals surface area contributed by atoms with Crippen LogP contribution in [0.3, 0.4) is 0 Å². The lowest BCUT2D eigenvalue weighted by atomic mass is 9.84. The van der Waals surface area contributed by atoms with E-state index in [9.17, 15) is 18.4 Å². The van der Waals surface area contributed by atoms with Gasteiger partial charge in [-0.25, -0.2) is 0 Å². The second-order valence-corrected chi connectivity index (χ2v) is 8.85. The predicted molar refractivity (Wildman–Crippen MR) is 123 cm³/mol. The van der Waals surface area contributed by atoms with Gasteiger partial charge in [-0.3, -0.25) is 9.59 Å². The van der Waals surface area contributed by atoms with Crippen LogP contribution in [0.2, 0.25) is 0 Å². The van der Waals surface area contributed by atoms with Crippen LogP contribution >= 0.6 is 0 Å². The van der Waals surface area contributed by atoms with Gasteiger partial charge in [0, 0.05) is 18.2 Å². The fourth-order valence-electron chi connectivity index (χ4n) is 5.23. The number of carbonyl (C=O) groups is 2. The van der Waals surface area contributed by atoms with Crippen LogP contribution in [0.4, 0.5) is 8.78 Å². The fourth-order valence-corrected chi connectivity index (χ4v) is 5.23. The number of hydrogen-bond donors (Lipinski definition) is 1. The smallest absolute Gasteiger partial charge is 0.387 e. The van der Waals surface area contributed by atoms with Crippen LogP contribution in [0.5, 0.6) is 11.5 Å². The summed E-state index contributed by atoms with van der Waals surface area (Å²) in [5, 5.41) is 2.95. The van der Waals surface area contributed by atoms with Crippen LogP contribution in [0.1, 0.15) is 48.0 Å². The number of fused-ring (bicyclic) bond motifs is 1. The number of alkyl halides is 2. The molecule has 0 radical (unpaired) electrons. The zero-order valence-electron chi connectivity index (χ0n) is 19.2. The Bertz CT molecular complexity index is 1000. The van der Waals surface area contributed by atoms with Crippen LogP contribution in [0, 0.1) is 5.92 Å². The van der Waals surface area contributed by atoms with Crippen LogP contribution in [0.25, 0.3) is 0 Å². The zero-order chi connectivity index (χ0) is 24.1. The first-order chi connectivity index (χ1) is 16.5. The quantitative estimate of drug-likeness (QED) is 0.617. The molecule has 1 N–H and O–H groups in total. The standard InChI is InChI=1S/C26H30F2N2O4/c1-33-22-12-11-17(15-23(22)34-26(27)28)13-14-29-24(31)21-16-19-9-5-6-10-20(19)30(21)25(32)18-7-3-2-4-8-18/h2-4,7-8,11-12,15,19-21,26H,5-6,9-10,13-14,16H2,1H3,(H,29,31). The average molecular weight is 473 g/mol. The Balaban J connectivity index is 1.42. The largest absolute Gasteiger partial charge is 0.493 e. The Hall–Kier alpha value is -3.16. The highest BCUT2D eigenvalue weighted by Gasteiger charge is 2.47. The SMILES string of the molecule is COc1ccc(CCNC(=O)C2CC3CCCCC3N2C(=O)c2ccccc2)cc1OC(F)F. The van der Waals surface area contributed by atoms with Crippen molar-refractivity contribution in [2.45, 2.75) is 57.2 Å². The Morgan fingerprint density at radius 2 is 1.85 bits per heavy atom. The van der Waals surface area contributed by atoms with Crippen molar-refractivity contribution < 1.29 is 27.8 Å². The molecule has 6 nitrogen and oxygen atoms in total. The van der Waals surface area contributed by atoms with Crippen molar-refractivity contribution in [3.05, 3.63) is 59.7 Å². The van der Waals surface area contributed by atoms with Crippen LogP contribution in [0.15, 0.2) is 48.5 Å². The normalized spacial score (nSPS) is 21.8. The molecule has 1 heterocycles. The minimum Gasteiger partial charge on any atom is -0.493 e. The number of carbonyl (C=O) groups excluding carboxylic acids is 2. The van der Waals surface area contributed by atoms with E-state index in [1.54, 1.807) is 29.2 Å². The molecule has 1 saturated heterocycles. The average Bonchev–Trinajstić information content (AvgIpc) is 3.23. The number of halogens is 2. The molecule has 1 saturated carbocycles. The molecule has 34 heavy (non-hydrogen) atoms. The van der Waals surface area contributed by atoms with Gasteiger partial charge in [-0.2, -0.15) is 8.78 Å². The van der Waals surface area contributed by atoms with E-state index >= 15 is 0 Å². The molecule has 2 fully saturated rings. The van der Waals surface area contributed by atoms with Gasteiger partial charge in [0.15, 0.2) is 11.5 Å². The van der Waals surface area contributed by atoms with E-state index < -0.39 is 12.7 Å². The maximum Gasteiger partial charge on any atom is 0.387 e. The summed E-state index contributed by atoms with van der Waals surface area (Å²) in [5.74, 6) is 0.251. The Labute approximate surface area is 198 Å². The molecule has 2 aliphatic rings. The third kappa shape index (κ3) is 5.32. The first-order valence-electron chi connectivity index (χ1n) is 11.7. The monoisotopic (exact) mass is 472 g/mol. The van der Waals surface area contributed by atoms with Crippen molar-refractivity contribution in [3.63, 3.8) is 0 Å². The summed E-state index contributed by atoms with van der Waals surface area (Å²) in [6.07, 6.45) is 5.25.